The SMILES string of the molecule is C#CCC1CCN(C(=O)Oc2ccc(Cl)c(Cl)c2)CC1.CCNC(=O)[C@H]1O[C@@H](n2cnc3c(N)nc(C#CCC4CCN(C(=O)Oc5ccc(Cl)c(Cl)c5)CC4)nc32)[C@@H](O)C1O.CCNC(=O)[C@H]1O[C@@H](n2cnc3c(N)nc(I)nc32)[C@@H](O)C1O. The predicted octanol–water partition coefficient (Wildman–Crippen LogP) is 5.12. The van der Waals surface area contributed by atoms with Gasteiger partial charge in [0.1, 0.15) is 46.9 Å². The van der Waals surface area contributed by atoms with Crippen molar-refractivity contribution in [3.63, 3.8) is 0 Å². The van der Waals surface area contributed by atoms with Crippen LogP contribution in [0.3, 0.4) is 0 Å². The normalized spacial score (nSPS) is 22.3. The van der Waals surface area contributed by atoms with Crippen molar-refractivity contribution in [2.24, 2.45) is 11.8 Å². The summed E-state index contributed by atoms with van der Waals surface area (Å²) in [5.74, 6) is 9.60. The number of likely N-dealkylation sites (N-methyl/N-ethyl adjacent to an activating group) is 2. The Labute approximate surface area is 520 Å². The van der Waals surface area contributed by atoms with Crippen LogP contribution in [-0.4, -0.2) is 169 Å². The van der Waals surface area contributed by atoms with Crippen molar-refractivity contribution < 1.29 is 58.6 Å². The number of hydrogen-bond donors (Lipinski definition) is 8. The number of nitrogens with two attached hydrogens (primary N) is 2. The lowest BCUT2D eigenvalue weighted by atomic mass is 9.94. The zero-order chi connectivity index (χ0) is 61.2. The number of halogens is 5. The lowest BCUT2D eigenvalue weighted by Crippen LogP contribution is -2.42. The smallest absolute Gasteiger partial charge is 0.410 e. The van der Waals surface area contributed by atoms with E-state index < -0.39 is 67.0 Å². The molecular formula is C54H59Cl4IN14O12. The van der Waals surface area contributed by atoms with Gasteiger partial charge in [0, 0.05) is 86.8 Å². The average Bonchev–Trinajstić information content (AvgIpc) is 2.36. The number of carbonyl (C=O) groups excluding carboxylic acids is 4. The minimum absolute atomic E-state index is 0.0881. The number of piperidine rings is 2. The fraction of sp³-hybridized carbons (Fsp3) is 0.444. The Morgan fingerprint density at radius 1 is 0.659 bits per heavy atom. The summed E-state index contributed by atoms with van der Waals surface area (Å²) in [5, 5.41) is 47.9. The highest BCUT2D eigenvalue weighted by molar-refractivity contribution is 14.1. The molecule has 0 bridgehead atoms. The van der Waals surface area contributed by atoms with Crippen LogP contribution in [0.4, 0.5) is 21.2 Å². The summed E-state index contributed by atoms with van der Waals surface area (Å²) in [4.78, 5) is 77.3. The van der Waals surface area contributed by atoms with Crippen LogP contribution in [0, 0.1) is 39.9 Å². The topological polar surface area (TPSA) is 356 Å². The number of nitrogen functional groups attached to an aromatic ring is 2. The molecule has 4 saturated heterocycles. The molecule has 4 fully saturated rings. The number of fused-ring (bicyclic) bond motifs is 2. The van der Waals surface area contributed by atoms with Gasteiger partial charge in [-0.15, -0.1) is 12.3 Å². The monoisotopic (exact) mass is 1360 g/mol. The van der Waals surface area contributed by atoms with Crippen LogP contribution in [0.2, 0.25) is 20.1 Å². The molecule has 2 aromatic carbocycles. The van der Waals surface area contributed by atoms with E-state index in [2.05, 4.69) is 58.3 Å². The second-order valence-electron chi connectivity index (χ2n) is 19.8. The first-order valence-electron chi connectivity index (χ1n) is 26.7. The Hall–Kier alpha value is -6.61. The van der Waals surface area contributed by atoms with Gasteiger partial charge >= 0.3 is 12.2 Å². The Morgan fingerprint density at radius 3 is 1.53 bits per heavy atom. The van der Waals surface area contributed by atoms with Crippen LogP contribution in [-0.2, 0) is 19.1 Å². The van der Waals surface area contributed by atoms with Gasteiger partial charge in [0.05, 0.1) is 32.7 Å². The summed E-state index contributed by atoms with van der Waals surface area (Å²) >= 11 is 25.5. The molecule has 0 radical (unpaired) electrons. The van der Waals surface area contributed by atoms with Gasteiger partial charge in [-0.25, -0.2) is 39.5 Å². The van der Waals surface area contributed by atoms with Crippen LogP contribution in [0.1, 0.15) is 70.7 Å². The van der Waals surface area contributed by atoms with Gasteiger partial charge in [0.2, 0.25) is 5.82 Å². The summed E-state index contributed by atoms with van der Waals surface area (Å²) < 4.78 is 25.2. The molecule has 10 rings (SSSR count). The number of amides is 4. The molecule has 2 unspecified atom stereocenters. The maximum atomic E-state index is 12.5. The van der Waals surface area contributed by atoms with E-state index in [-0.39, 0.29) is 40.6 Å². The van der Waals surface area contributed by atoms with Gasteiger partial charge in [0.25, 0.3) is 11.8 Å². The molecule has 8 heterocycles. The molecule has 85 heavy (non-hydrogen) atoms. The fourth-order valence-electron chi connectivity index (χ4n) is 9.53. The number of aliphatic hydroxyl groups excluding tert-OH is 4. The molecule has 10 N–H and O–H groups in total. The number of imidazole rings is 2. The third kappa shape index (κ3) is 15.5. The van der Waals surface area contributed by atoms with E-state index in [0.717, 1.165) is 32.1 Å². The van der Waals surface area contributed by atoms with Gasteiger partial charge < -0.3 is 71.3 Å². The van der Waals surface area contributed by atoms with Crippen LogP contribution >= 0.6 is 69.0 Å². The minimum atomic E-state index is -1.44. The summed E-state index contributed by atoms with van der Waals surface area (Å²) in [5.41, 5.74) is 13.1. The fourth-order valence-corrected chi connectivity index (χ4v) is 10.6. The first-order chi connectivity index (χ1) is 40.7. The lowest BCUT2D eigenvalue weighted by Gasteiger charge is -2.30. The van der Waals surface area contributed by atoms with Crippen molar-refractivity contribution in [2.75, 3.05) is 50.7 Å². The van der Waals surface area contributed by atoms with E-state index in [1.165, 1.54) is 33.9 Å². The van der Waals surface area contributed by atoms with Crippen LogP contribution in [0.5, 0.6) is 11.5 Å². The van der Waals surface area contributed by atoms with E-state index in [0.29, 0.717) is 98.2 Å². The zero-order valence-corrected chi connectivity index (χ0v) is 50.7. The highest BCUT2D eigenvalue weighted by Crippen LogP contribution is 2.35. The Balaban J connectivity index is 0.000000184. The van der Waals surface area contributed by atoms with Crippen molar-refractivity contribution in [1.82, 2.24) is 59.5 Å². The van der Waals surface area contributed by atoms with Crippen LogP contribution < -0.4 is 31.6 Å². The summed E-state index contributed by atoms with van der Waals surface area (Å²) in [6, 6.07) is 9.41. The van der Waals surface area contributed by atoms with Gasteiger partial charge in [-0.1, -0.05) is 52.3 Å². The van der Waals surface area contributed by atoms with E-state index in [4.69, 9.17) is 83.2 Å². The number of carbonyl (C=O) groups is 4. The van der Waals surface area contributed by atoms with Crippen molar-refractivity contribution >= 4 is 127 Å². The first-order valence-corrected chi connectivity index (χ1v) is 29.3. The maximum absolute atomic E-state index is 12.5. The number of terminal acetylenes is 1. The second-order valence-corrected chi connectivity index (χ2v) is 22.4. The Bertz CT molecular complexity index is 3510. The molecule has 0 saturated carbocycles. The van der Waals surface area contributed by atoms with Crippen LogP contribution in [0.15, 0.2) is 49.1 Å². The maximum Gasteiger partial charge on any atom is 0.415 e. The van der Waals surface area contributed by atoms with Gasteiger partial charge in [-0.3, -0.25) is 18.7 Å². The largest absolute Gasteiger partial charge is 0.415 e. The van der Waals surface area contributed by atoms with E-state index in [9.17, 15) is 39.6 Å². The average molecular weight is 1360 g/mol. The van der Waals surface area contributed by atoms with E-state index >= 15 is 0 Å². The van der Waals surface area contributed by atoms with E-state index in [1.54, 1.807) is 47.9 Å². The Morgan fingerprint density at radius 2 is 1.09 bits per heavy atom. The number of nitrogens with zero attached hydrogens (tertiary/aromatic N) is 10. The number of hydrogen-bond acceptors (Lipinski definition) is 20. The number of likely N-dealkylation sites (tertiary alicyclic amines) is 2. The minimum Gasteiger partial charge on any atom is -0.410 e. The lowest BCUT2D eigenvalue weighted by molar-refractivity contribution is -0.138. The molecule has 4 aromatic heterocycles. The molecule has 6 aromatic rings. The molecule has 4 aliphatic heterocycles. The number of rotatable bonds is 10. The highest BCUT2D eigenvalue weighted by atomic mass is 127. The molecule has 0 spiro atoms. The molecule has 4 amide bonds. The van der Waals surface area contributed by atoms with Gasteiger partial charge in [-0.2, -0.15) is 0 Å². The number of anilines is 2. The third-order valence-electron chi connectivity index (χ3n) is 14.0. The molecular weight excluding hydrogens is 1310 g/mol. The zero-order valence-electron chi connectivity index (χ0n) is 45.5. The number of aliphatic hydroxyl groups is 4. The molecule has 26 nitrogen and oxygen atoms in total. The third-order valence-corrected chi connectivity index (χ3v) is 16.0. The van der Waals surface area contributed by atoms with Gasteiger partial charge in [0.15, 0.2) is 51.4 Å². The number of aromatic nitrogens is 8. The first kappa shape index (κ1) is 64.4. The van der Waals surface area contributed by atoms with Crippen molar-refractivity contribution in [1.29, 1.82) is 0 Å². The molecule has 0 aliphatic carbocycles. The van der Waals surface area contributed by atoms with Crippen LogP contribution in [0.25, 0.3) is 22.3 Å². The summed E-state index contributed by atoms with van der Waals surface area (Å²) in [6.45, 7) is 6.61. The summed E-state index contributed by atoms with van der Waals surface area (Å²) in [6.07, 6.45) is 1.79. The Kier molecular flexibility index (Phi) is 22.1. The molecule has 452 valence electrons. The van der Waals surface area contributed by atoms with E-state index in [1.807, 2.05) is 22.6 Å². The number of ether oxygens (including phenoxy) is 4. The second kappa shape index (κ2) is 29.2. The molecule has 4 aliphatic rings. The predicted molar refractivity (Wildman–Crippen MR) is 320 cm³/mol. The summed E-state index contributed by atoms with van der Waals surface area (Å²) in [7, 11) is 0. The molecule has 31 heteroatoms. The van der Waals surface area contributed by atoms with Gasteiger partial charge in [-0.05, 0) is 81.6 Å². The standard InChI is InChI=1S/C27H29Cl2N7O6.C15H15Cl2NO2.C12H15IN6O4/c1-2-31-25(39)22-20(37)21(38)26(42-22)36-13-32-19-23(30)33-18(34-24(19)36)5-3-4-14-8-10-35(11-9-14)27(40)41-15-6-7-16(28)17(29)12-15;1-2-3-11-6-8-18(9-7-11)15(19)20-12-4-5-13(16)14(17)10-12;1-2-15-10(22)7-5(20)6(21)11(23-7)19-3-16-4-8(14)17-12(13)18-9(4)19/h6-7,12-14,20-22,26,37-38H,2,4,8-11H2,1H3,(H,31,39)(H2,30,33,34);1,4-5,10-11H,3,6-9H2;3,5-7,11,20-21H,2H2,1H3,(H,15,22)(H2,14,17,18)/t20?,21-,22-,26+;;5?,6-,7-,11+/m0.0/s1. The highest BCUT2D eigenvalue weighted by Gasteiger charge is 2.49. The number of nitrogens with one attached hydrogen (secondary N) is 2. The van der Waals surface area contributed by atoms with Crippen molar-refractivity contribution in [3.8, 4) is 35.7 Å². The molecule has 8 atom stereocenters. The quantitative estimate of drug-likeness (QED) is 0.0501. The van der Waals surface area contributed by atoms with Crippen molar-refractivity contribution in [2.45, 2.75) is 101 Å². The number of benzene rings is 2. The van der Waals surface area contributed by atoms with Crippen molar-refractivity contribution in [3.05, 3.63) is 78.8 Å².